The molecule has 1 aromatic rings. The van der Waals surface area contributed by atoms with Crippen LogP contribution in [0.25, 0.3) is 0 Å². The fourth-order valence-corrected chi connectivity index (χ4v) is 1.54. The summed E-state index contributed by atoms with van der Waals surface area (Å²) in [6.45, 7) is 6.09. The first-order chi connectivity index (χ1) is 7.83. The molecule has 0 aliphatic rings. The van der Waals surface area contributed by atoms with Crippen molar-refractivity contribution in [3.63, 3.8) is 0 Å². The summed E-state index contributed by atoms with van der Waals surface area (Å²) in [5, 5.41) is 0. The zero-order valence-electron chi connectivity index (χ0n) is 10.3. The SMILES string of the molecule is CC.CC/C=C(Br)\N=C/Cc1ccccc1. The van der Waals surface area contributed by atoms with E-state index in [0.717, 1.165) is 17.4 Å². The molecule has 1 rings (SSSR count). The van der Waals surface area contributed by atoms with E-state index >= 15 is 0 Å². The quantitative estimate of drug-likeness (QED) is 0.546. The predicted molar refractivity (Wildman–Crippen MR) is 77.3 cm³/mol. The van der Waals surface area contributed by atoms with Crippen molar-refractivity contribution in [2.45, 2.75) is 33.6 Å². The summed E-state index contributed by atoms with van der Waals surface area (Å²) in [6.07, 6.45) is 5.85. The fraction of sp³-hybridized carbons (Fsp3) is 0.357. The number of nitrogens with zero attached hydrogens (tertiary/aromatic N) is 1. The molecule has 0 N–H and O–H groups in total. The van der Waals surface area contributed by atoms with E-state index < -0.39 is 0 Å². The van der Waals surface area contributed by atoms with Gasteiger partial charge in [0.05, 0.1) is 0 Å². The second-order valence-electron chi connectivity index (χ2n) is 2.94. The molecule has 88 valence electrons. The smallest absolute Gasteiger partial charge is 0.101 e. The maximum atomic E-state index is 4.26. The van der Waals surface area contributed by atoms with Crippen LogP contribution in [0.3, 0.4) is 0 Å². The van der Waals surface area contributed by atoms with Gasteiger partial charge in [-0.2, -0.15) is 0 Å². The first kappa shape index (κ1) is 15.1. The normalized spacial score (nSPS) is 11.1. The van der Waals surface area contributed by atoms with E-state index in [1.54, 1.807) is 0 Å². The molecular weight excluding hydrogens is 262 g/mol. The van der Waals surface area contributed by atoms with Gasteiger partial charge in [-0.1, -0.05) is 57.2 Å². The highest BCUT2D eigenvalue weighted by Gasteiger charge is 1.87. The van der Waals surface area contributed by atoms with Crippen molar-refractivity contribution in [2.75, 3.05) is 0 Å². The van der Waals surface area contributed by atoms with Crippen LogP contribution in [0.1, 0.15) is 32.8 Å². The molecule has 0 aromatic heterocycles. The summed E-state index contributed by atoms with van der Waals surface area (Å²) in [7, 11) is 0. The Balaban J connectivity index is 0.00000106. The van der Waals surface area contributed by atoms with Crippen LogP contribution < -0.4 is 0 Å². The summed E-state index contributed by atoms with van der Waals surface area (Å²) in [5.41, 5.74) is 1.29. The third-order valence-corrected chi connectivity index (χ3v) is 2.29. The number of rotatable bonds is 4. The van der Waals surface area contributed by atoms with Crippen molar-refractivity contribution < 1.29 is 0 Å². The van der Waals surface area contributed by atoms with Crippen LogP contribution in [0.4, 0.5) is 0 Å². The molecule has 0 unspecified atom stereocenters. The topological polar surface area (TPSA) is 12.4 Å². The minimum absolute atomic E-state index is 0.882. The van der Waals surface area contributed by atoms with E-state index in [4.69, 9.17) is 0 Å². The third-order valence-electron chi connectivity index (χ3n) is 1.76. The Morgan fingerprint density at radius 2 is 1.88 bits per heavy atom. The first-order valence-electron chi connectivity index (χ1n) is 5.75. The highest BCUT2D eigenvalue weighted by Crippen LogP contribution is 2.07. The van der Waals surface area contributed by atoms with E-state index in [0.29, 0.717) is 0 Å². The highest BCUT2D eigenvalue weighted by atomic mass is 79.9. The Hall–Kier alpha value is -0.890. The molecule has 0 bridgehead atoms. The largest absolute Gasteiger partial charge is 0.254 e. The minimum atomic E-state index is 0.882. The molecule has 0 heterocycles. The molecule has 0 fully saturated rings. The maximum absolute atomic E-state index is 4.26. The average molecular weight is 282 g/mol. The highest BCUT2D eigenvalue weighted by molar-refractivity contribution is 9.11. The van der Waals surface area contributed by atoms with Gasteiger partial charge in [-0.15, -0.1) is 0 Å². The van der Waals surface area contributed by atoms with Crippen molar-refractivity contribution in [3.05, 3.63) is 46.6 Å². The second-order valence-corrected chi connectivity index (χ2v) is 3.75. The van der Waals surface area contributed by atoms with E-state index in [1.165, 1.54) is 5.56 Å². The Bertz CT molecular complexity index is 315. The zero-order chi connectivity index (χ0) is 12.2. The molecule has 0 amide bonds. The lowest BCUT2D eigenvalue weighted by molar-refractivity contribution is 1.20. The second kappa shape index (κ2) is 10.6. The van der Waals surface area contributed by atoms with E-state index in [-0.39, 0.29) is 0 Å². The zero-order valence-corrected chi connectivity index (χ0v) is 11.9. The molecule has 0 spiro atoms. The molecule has 1 aromatic carbocycles. The number of hydrogen-bond donors (Lipinski definition) is 0. The number of hydrogen-bond acceptors (Lipinski definition) is 1. The third kappa shape index (κ3) is 7.41. The number of allylic oxidation sites excluding steroid dienone is 1. The lowest BCUT2D eigenvalue weighted by atomic mass is 10.2. The Morgan fingerprint density at radius 1 is 1.25 bits per heavy atom. The van der Waals surface area contributed by atoms with E-state index in [2.05, 4.69) is 40.0 Å². The Kier molecular flexibility index (Phi) is 10.0. The van der Waals surface area contributed by atoms with Gasteiger partial charge >= 0.3 is 0 Å². The molecule has 1 nitrogen and oxygen atoms in total. The van der Waals surface area contributed by atoms with E-state index in [1.807, 2.05) is 44.3 Å². The maximum Gasteiger partial charge on any atom is 0.101 e. The standard InChI is InChI=1S/C12H14BrN.C2H6/c1-2-6-12(13)14-10-9-11-7-4-3-5-8-11;1-2/h3-8,10H,2,9H2,1H3;1-2H3/b12-6-,14-10-;. The van der Waals surface area contributed by atoms with Gasteiger partial charge in [-0.25, -0.2) is 0 Å². The van der Waals surface area contributed by atoms with Crippen molar-refractivity contribution in [1.82, 2.24) is 0 Å². The van der Waals surface area contributed by atoms with Crippen LogP contribution >= 0.6 is 15.9 Å². The molecule has 0 atom stereocenters. The number of benzene rings is 1. The van der Waals surface area contributed by atoms with Crippen LogP contribution in [0.2, 0.25) is 0 Å². The predicted octanol–water partition coefficient (Wildman–Crippen LogP) is 4.97. The monoisotopic (exact) mass is 281 g/mol. The van der Waals surface area contributed by atoms with Crippen LogP contribution in [-0.4, -0.2) is 6.21 Å². The minimum Gasteiger partial charge on any atom is -0.254 e. The lowest BCUT2D eigenvalue weighted by Crippen LogP contribution is -1.84. The van der Waals surface area contributed by atoms with Gasteiger partial charge in [-0.05, 0) is 27.9 Å². The van der Waals surface area contributed by atoms with Gasteiger partial charge < -0.3 is 0 Å². The van der Waals surface area contributed by atoms with Crippen LogP contribution in [0.5, 0.6) is 0 Å². The molecule has 0 saturated heterocycles. The van der Waals surface area contributed by atoms with Gasteiger partial charge in [0.25, 0.3) is 0 Å². The van der Waals surface area contributed by atoms with Crippen LogP contribution in [-0.2, 0) is 6.42 Å². The molecular formula is C14H20BrN. The molecule has 16 heavy (non-hydrogen) atoms. The van der Waals surface area contributed by atoms with Gasteiger partial charge in [0.1, 0.15) is 4.61 Å². The molecule has 0 radical (unpaired) electrons. The lowest BCUT2D eigenvalue weighted by Gasteiger charge is -1.93. The Morgan fingerprint density at radius 3 is 2.44 bits per heavy atom. The molecule has 0 aliphatic heterocycles. The number of halogens is 1. The molecule has 0 aliphatic carbocycles. The number of aliphatic imine (C=N–C) groups is 1. The van der Waals surface area contributed by atoms with E-state index in [9.17, 15) is 0 Å². The van der Waals surface area contributed by atoms with Gasteiger partial charge in [0.2, 0.25) is 0 Å². The summed E-state index contributed by atoms with van der Waals surface area (Å²) >= 11 is 3.37. The summed E-state index contributed by atoms with van der Waals surface area (Å²) < 4.78 is 0.913. The summed E-state index contributed by atoms with van der Waals surface area (Å²) in [5.74, 6) is 0. The van der Waals surface area contributed by atoms with Crippen LogP contribution in [0.15, 0.2) is 46.0 Å². The molecule has 0 saturated carbocycles. The molecule has 2 heteroatoms. The average Bonchev–Trinajstić information content (AvgIpc) is 2.33. The van der Waals surface area contributed by atoms with Crippen molar-refractivity contribution >= 4 is 22.1 Å². The van der Waals surface area contributed by atoms with Gasteiger partial charge in [0.15, 0.2) is 0 Å². The fourth-order valence-electron chi connectivity index (χ4n) is 1.07. The summed E-state index contributed by atoms with van der Waals surface area (Å²) in [6, 6.07) is 10.3. The van der Waals surface area contributed by atoms with Crippen LogP contribution in [0, 0.1) is 0 Å². The van der Waals surface area contributed by atoms with Gasteiger partial charge in [-0.3, -0.25) is 4.99 Å². The Labute approximate surface area is 107 Å². The van der Waals surface area contributed by atoms with Gasteiger partial charge in [0, 0.05) is 12.6 Å². The van der Waals surface area contributed by atoms with Crippen molar-refractivity contribution in [3.8, 4) is 0 Å². The van der Waals surface area contributed by atoms with Crippen molar-refractivity contribution in [1.29, 1.82) is 0 Å². The first-order valence-corrected chi connectivity index (χ1v) is 6.54. The van der Waals surface area contributed by atoms with Crippen molar-refractivity contribution in [2.24, 2.45) is 4.99 Å². The summed E-state index contributed by atoms with van der Waals surface area (Å²) in [4.78, 5) is 4.26.